The van der Waals surface area contributed by atoms with Crippen molar-refractivity contribution in [3.63, 3.8) is 0 Å². The lowest BCUT2D eigenvalue weighted by atomic mass is 9.73. The van der Waals surface area contributed by atoms with E-state index in [2.05, 4.69) is 34.5 Å². The number of benzene rings is 1. The fourth-order valence-electron chi connectivity index (χ4n) is 3.09. The van der Waals surface area contributed by atoms with Gasteiger partial charge in [0.1, 0.15) is 6.29 Å². The topological polar surface area (TPSA) is 49.4 Å². The maximum absolute atomic E-state index is 11.7. The van der Waals surface area contributed by atoms with Crippen LogP contribution in [-0.2, 0) is 16.1 Å². The molecule has 0 spiro atoms. The van der Waals surface area contributed by atoms with Gasteiger partial charge in [0.15, 0.2) is 0 Å². The van der Waals surface area contributed by atoms with Crippen LogP contribution in [-0.4, -0.2) is 37.2 Å². The Kier molecular flexibility index (Phi) is 5.51. The summed E-state index contributed by atoms with van der Waals surface area (Å²) in [5.41, 5.74) is 1.17. The Morgan fingerprint density at radius 3 is 2.52 bits per heavy atom. The van der Waals surface area contributed by atoms with E-state index in [1.165, 1.54) is 5.56 Å². The third-order valence-corrected chi connectivity index (χ3v) is 4.50. The molecule has 1 aliphatic rings. The lowest BCUT2D eigenvalue weighted by Gasteiger charge is -2.40. The van der Waals surface area contributed by atoms with Crippen molar-refractivity contribution >= 4 is 12.2 Å². The summed E-state index contributed by atoms with van der Waals surface area (Å²) in [4.78, 5) is 25.1. The van der Waals surface area contributed by atoms with E-state index in [9.17, 15) is 9.59 Å². The number of piperidine rings is 1. The third kappa shape index (κ3) is 4.39. The number of nitrogens with one attached hydrogen (secondary N) is 1. The monoisotopic (exact) mass is 288 g/mol. The van der Waals surface area contributed by atoms with Crippen LogP contribution in [0.4, 0.5) is 0 Å². The smallest absolute Gasteiger partial charge is 0.220 e. The quantitative estimate of drug-likeness (QED) is 0.815. The summed E-state index contributed by atoms with van der Waals surface area (Å²) < 4.78 is 0. The highest BCUT2D eigenvalue weighted by Gasteiger charge is 2.35. The van der Waals surface area contributed by atoms with Crippen molar-refractivity contribution in [1.82, 2.24) is 10.2 Å². The van der Waals surface area contributed by atoms with Crippen LogP contribution >= 0.6 is 0 Å². The van der Waals surface area contributed by atoms with Gasteiger partial charge in [-0.25, -0.2) is 0 Å². The lowest BCUT2D eigenvalue weighted by molar-refractivity contribution is -0.124. The molecule has 1 aromatic rings. The molecular formula is C17H24N2O2. The van der Waals surface area contributed by atoms with Gasteiger partial charge in [0.05, 0.1) is 0 Å². The SMILES string of the molecule is CNC(=O)CC1(CC=O)CCN(Cc2ccccc2)CC1. The molecule has 4 heteroatoms. The minimum atomic E-state index is -0.144. The standard InChI is InChI=1S/C17H24N2O2/c1-18-16(21)13-17(9-12-20)7-10-19(11-8-17)14-15-5-3-2-4-6-15/h2-6,12H,7-11,13-14H2,1H3,(H,18,21). The number of nitrogens with zero attached hydrogens (tertiary/aromatic N) is 1. The molecule has 2 rings (SSSR count). The minimum Gasteiger partial charge on any atom is -0.359 e. The van der Waals surface area contributed by atoms with Crippen LogP contribution in [0.3, 0.4) is 0 Å². The number of carbonyl (C=O) groups excluding carboxylic acids is 2. The van der Waals surface area contributed by atoms with Crippen molar-refractivity contribution in [2.45, 2.75) is 32.2 Å². The van der Waals surface area contributed by atoms with Gasteiger partial charge in [-0.15, -0.1) is 0 Å². The van der Waals surface area contributed by atoms with Crippen molar-refractivity contribution in [3.05, 3.63) is 35.9 Å². The zero-order valence-electron chi connectivity index (χ0n) is 12.7. The molecule has 1 heterocycles. The van der Waals surface area contributed by atoms with E-state index in [1.54, 1.807) is 7.05 Å². The number of aldehydes is 1. The molecule has 1 aromatic carbocycles. The average molecular weight is 288 g/mol. The summed E-state index contributed by atoms with van der Waals surface area (Å²) in [6, 6.07) is 10.4. The van der Waals surface area contributed by atoms with Gasteiger partial charge in [-0.2, -0.15) is 0 Å². The zero-order chi connectivity index (χ0) is 15.1. The van der Waals surface area contributed by atoms with Gasteiger partial charge in [-0.3, -0.25) is 9.69 Å². The summed E-state index contributed by atoms with van der Waals surface area (Å²) >= 11 is 0. The van der Waals surface area contributed by atoms with Gasteiger partial charge in [0, 0.05) is 26.4 Å². The van der Waals surface area contributed by atoms with Gasteiger partial charge >= 0.3 is 0 Å². The van der Waals surface area contributed by atoms with Crippen LogP contribution < -0.4 is 5.32 Å². The molecule has 0 atom stereocenters. The van der Waals surface area contributed by atoms with Gasteiger partial charge in [-0.05, 0) is 36.9 Å². The molecule has 1 N–H and O–H groups in total. The first-order chi connectivity index (χ1) is 10.2. The molecule has 0 aliphatic carbocycles. The molecule has 114 valence electrons. The zero-order valence-corrected chi connectivity index (χ0v) is 12.7. The highest BCUT2D eigenvalue weighted by molar-refractivity contribution is 5.76. The molecule has 4 nitrogen and oxygen atoms in total. The summed E-state index contributed by atoms with van der Waals surface area (Å²) in [6.45, 7) is 2.83. The summed E-state index contributed by atoms with van der Waals surface area (Å²) in [5.74, 6) is 0.0355. The van der Waals surface area contributed by atoms with E-state index < -0.39 is 0 Å². The molecule has 0 bridgehead atoms. The Hall–Kier alpha value is -1.68. The van der Waals surface area contributed by atoms with E-state index >= 15 is 0 Å². The molecule has 1 aliphatic heterocycles. The minimum absolute atomic E-state index is 0.0355. The second-order valence-corrected chi connectivity index (χ2v) is 5.98. The average Bonchev–Trinajstić information content (AvgIpc) is 2.51. The van der Waals surface area contributed by atoms with Crippen LogP contribution in [0, 0.1) is 5.41 Å². The molecule has 1 saturated heterocycles. The number of rotatable bonds is 6. The maximum Gasteiger partial charge on any atom is 0.220 e. The van der Waals surface area contributed by atoms with Crippen molar-refractivity contribution in [2.24, 2.45) is 5.41 Å². The van der Waals surface area contributed by atoms with Gasteiger partial charge in [-0.1, -0.05) is 30.3 Å². The van der Waals surface area contributed by atoms with Crippen molar-refractivity contribution < 1.29 is 9.59 Å². The highest BCUT2D eigenvalue weighted by atomic mass is 16.1. The molecule has 1 amide bonds. The number of hydrogen-bond acceptors (Lipinski definition) is 3. The second kappa shape index (κ2) is 7.36. The summed E-state index contributed by atoms with van der Waals surface area (Å²) in [5, 5.41) is 2.68. The first kappa shape index (κ1) is 15.7. The van der Waals surface area contributed by atoms with Crippen molar-refractivity contribution in [2.75, 3.05) is 20.1 Å². The van der Waals surface area contributed by atoms with E-state index in [-0.39, 0.29) is 11.3 Å². The van der Waals surface area contributed by atoms with Gasteiger partial charge in [0.2, 0.25) is 5.91 Å². The van der Waals surface area contributed by atoms with Gasteiger partial charge < -0.3 is 10.1 Å². The molecule has 21 heavy (non-hydrogen) atoms. The molecule has 0 unspecified atom stereocenters. The number of hydrogen-bond donors (Lipinski definition) is 1. The Bertz CT molecular complexity index is 465. The fraction of sp³-hybridized carbons (Fsp3) is 0.529. The summed E-state index contributed by atoms with van der Waals surface area (Å²) in [7, 11) is 1.65. The predicted molar refractivity (Wildman–Crippen MR) is 82.8 cm³/mol. The Balaban J connectivity index is 1.92. The van der Waals surface area contributed by atoms with E-state index in [0.29, 0.717) is 12.8 Å². The van der Waals surface area contributed by atoms with E-state index in [0.717, 1.165) is 38.8 Å². The molecule has 0 aromatic heterocycles. The third-order valence-electron chi connectivity index (χ3n) is 4.50. The normalized spacial score (nSPS) is 18.1. The number of amides is 1. The second-order valence-electron chi connectivity index (χ2n) is 5.98. The Labute approximate surface area is 126 Å². The predicted octanol–water partition coefficient (Wildman–Crippen LogP) is 1.99. The first-order valence-corrected chi connectivity index (χ1v) is 7.58. The fourth-order valence-corrected chi connectivity index (χ4v) is 3.09. The molecule has 1 fully saturated rings. The Morgan fingerprint density at radius 1 is 1.29 bits per heavy atom. The number of carbonyl (C=O) groups is 2. The molecule has 0 saturated carbocycles. The molecular weight excluding hydrogens is 264 g/mol. The van der Waals surface area contributed by atoms with Crippen LogP contribution in [0.1, 0.15) is 31.2 Å². The van der Waals surface area contributed by atoms with Crippen molar-refractivity contribution in [3.8, 4) is 0 Å². The van der Waals surface area contributed by atoms with E-state index in [1.807, 2.05) is 6.07 Å². The Morgan fingerprint density at radius 2 is 1.95 bits per heavy atom. The van der Waals surface area contributed by atoms with Crippen LogP contribution in [0.25, 0.3) is 0 Å². The molecule has 0 radical (unpaired) electrons. The summed E-state index contributed by atoms with van der Waals surface area (Å²) in [6.07, 6.45) is 3.73. The lowest BCUT2D eigenvalue weighted by Crippen LogP contribution is -2.42. The number of likely N-dealkylation sites (tertiary alicyclic amines) is 1. The first-order valence-electron chi connectivity index (χ1n) is 7.58. The van der Waals surface area contributed by atoms with Crippen LogP contribution in [0.5, 0.6) is 0 Å². The van der Waals surface area contributed by atoms with Gasteiger partial charge in [0.25, 0.3) is 0 Å². The maximum atomic E-state index is 11.7. The van der Waals surface area contributed by atoms with Crippen LogP contribution in [0.15, 0.2) is 30.3 Å². The van der Waals surface area contributed by atoms with Crippen molar-refractivity contribution in [1.29, 1.82) is 0 Å². The van der Waals surface area contributed by atoms with Crippen LogP contribution in [0.2, 0.25) is 0 Å². The largest absolute Gasteiger partial charge is 0.359 e. The highest BCUT2D eigenvalue weighted by Crippen LogP contribution is 2.38. The van der Waals surface area contributed by atoms with E-state index in [4.69, 9.17) is 0 Å².